The van der Waals surface area contributed by atoms with E-state index in [4.69, 9.17) is 4.74 Å². The molecule has 0 aliphatic heterocycles. The van der Waals surface area contributed by atoms with Crippen LogP contribution < -0.4 is 10.1 Å². The van der Waals surface area contributed by atoms with Gasteiger partial charge in [-0.1, -0.05) is 20.3 Å². The van der Waals surface area contributed by atoms with Crippen LogP contribution in [0.3, 0.4) is 0 Å². The van der Waals surface area contributed by atoms with Crippen molar-refractivity contribution in [2.75, 3.05) is 18.5 Å². The van der Waals surface area contributed by atoms with Gasteiger partial charge in [-0.05, 0) is 37.5 Å². The summed E-state index contributed by atoms with van der Waals surface area (Å²) in [7, 11) is 0. The molecule has 0 saturated heterocycles. The van der Waals surface area contributed by atoms with Gasteiger partial charge in [-0.25, -0.2) is 0 Å². The largest absolute Gasteiger partial charge is 0.494 e. The lowest BCUT2D eigenvalue weighted by Gasteiger charge is -2.15. The molecule has 0 amide bonds. The first-order chi connectivity index (χ1) is 8.71. The van der Waals surface area contributed by atoms with Gasteiger partial charge in [-0.3, -0.25) is 0 Å². The van der Waals surface area contributed by atoms with Crippen LogP contribution in [0.2, 0.25) is 0 Å². The van der Waals surface area contributed by atoms with Crippen molar-refractivity contribution in [3.05, 3.63) is 23.8 Å². The average Bonchev–Trinajstić information content (AvgIpc) is 2.38. The van der Waals surface area contributed by atoms with E-state index in [9.17, 15) is 5.11 Å². The molecule has 3 nitrogen and oxygen atoms in total. The fourth-order valence-corrected chi connectivity index (χ4v) is 2.00. The quantitative estimate of drug-likeness (QED) is 0.744. The van der Waals surface area contributed by atoms with Gasteiger partial charge in [-0.15, -0.1) is 0 Å². The van der Waals surface area contributed by atoms with Crippen LogP contribution in [-0.2, 0) is 6.61 Å². The molecule has 1 atom stereocenters. The molecule has 1 aromatic carbocycles. The van der Waals surface area contributed by atoms with Crippen molar-refractivity contribution in [3.63, 3.8) is 0 Å². The van der Waals surface area contributed by atoms with Crippen molar-refractivity contribution in [2.45, 2.75) is 40.2 Å². The van der Waals surface area contributed by atoms with E-state index in [0.29, 0.717) is 12.5 Å². The number of ether oxygens (including phenoxy) is 1. The third-order valence-electron chi connectivity index (χ3n) is 2.97. The third-order valence-corrected chi connectivity index (χ3v) is 2.97. The fourth-order valence-electron chi connectivity index (χ4n) is 2.00. The molecular formula is C15H25NO2. The summed E-state index contributed by atoms with van der Waals surface area (Å²) >= 11 is 0. The van der Waals surface area contributed by atoms with Crippen molar-refractivity contribution in [3.8, 4) is 5.75 Å². The minimum atomic E-state index is 0.00929. The molecule has 0 aromatic heterocycles. The smallest absolute Gasteiger partial charge is 0.124 e. The minimum absolute atomic E-state index is 0.00929. The van der Waals surface area contributed by atoms with E-state index < -0.39 is 0 Å². The Morgan fingerprint density at radius 2 is 2.11 bits per heavy atom. The molecule has 0 bridgehead atoms. The van der Waals surface area contributed by atoms with Crippen molar-refractivity contribution >= 4 is 5.69 Å². The van der Waals surface area contributed by atoms with Gasteiger partial charge in [0.2, 0.25) is 0 Å². The van der Waals surface area contributed by atoms with Crippen LogP contribution >= 0.6 is 0 Å². The molecule has 1 rings (SSSR count). The first kappa shape index (κ1) is 14.8. The maximum Gasteiger partial charge on any atom is 0.124 e. The number of benzene rings is 1. The normalized spacial score (nSPS) is 12.2. The Bertz CT molecular complexity index is 352. The van der Waals surface area contributed by atoms with Crippen LogP contribution in [0.4, 0.5) is 5.69 Å². The Labute approximate surface area is 110 Å². The summed E-state index contributed by atoms with van der Waals surface area (Å²) in [5.74, 6) is 1.44. The van der Waals surface area contributed by atoms with Crippen molar-refractivity contribution in [1.82, 2.24) is 0 Å². The van der Waals surface area contributed by atoms with Crippen molar-refractivity contribution < 1.29 is 9.84 Å². The summed E-state index contributed by atoms with van der Waals surface area (Å²) < 4.78 is 5.46. The van der Waals surface area contributed by atoms with Crippen LogP contribution in [0.1, 0.15) is 39.2 Å². The van der Waals surface area contributed by atoms with E-state index in [1.165, 1.54) is 12.8 Å². The molecule has 0 aliphatic rings. The van der Waals surface area contributed by atoms with Gasteiger partial charge in [0.25, 0.3) is 0 Å². The molecule has 1 aromatic rings. The summed E-state index contributed by atoms with van der Waals surface area (Å²) in [5.41, 5.74) is 1.88. The van der Waals surface area contributed by atoms with Crippen LogP contribution in [0, 0.1) is 5.92 Å². The molecule has 3 heteroatoms. The van der Waals surface area contributed by atoms with E-state index in [1.54, 1.807) is 0 Å². The summed E-state index contributed by atoms with van der Waals surface area (Å²) in [4.78, 5) is 0. The topological polar surface area (TPSA) is 41.5 Å². The number of hydrogen-bond donors (Lipinski definition) is 2. The molecule has 0 heterocycles. The van der Waals surface area contributed by atoms with Gasteiger partial charge in [0, 0.05) is 17.8 Å². The van der Waals surface area contributed by atoms with Crippen molar-refractivity contribution in [2.24, 2.45) is 5.92 Å². The maximum absolute atomic E-state index is 9.32. The molecule has 0 aliphatic carbocycles. The van der Waals surface area contributed by atoms with Crippen LogP contribution in [-0.4, -0.2) is 18.3 Å². The SMILES string of the molecule is CCCC(C)CNc1ccc(OCC)c(CO)c1. The molecule has 0 fully saturated rings. The van der Waals surface area contributed by atoms with E-state index >= 15 is 0 Å². The highest BCUT2D eigenvalue weighted by molar-refractivity contribution is 5.51. The van der Waals surface area contributed by atoms with Gasteiger partial charge in [-0.2, -0.15) is 0 Å². The highest BCUT2D eigenvalue weighted by Crippen LogP contribution is 2.23. The van der Waals surface area contributed by atoms with Crippen LogP contribution in [0.25, 0.3) is 0 Å². The summed E-state index contributed by atoms with van der Waals surface area (Å²) in [6, 6.07) is 5.88. The molecular weight excluding hydrogens is 226 g/mol. The first-order valence-corrected chi connectivity index (χ1v) is 6.81. The first-order valence-electron chi connectivity index (χ1n) is 6.81. The molecule has 0 radical (unpaired) electrons. The fraction of sp³-hybridized carbons (Fsp3) is 0.600. The van der Waals surface area contributed by atoms with Gasteiger partial charge in [0.05, 0.1) is 13.2 Å². The zero-order valence-electron chi connectivity index (χ0n) is 11.7. The standard InChI is InChI=1S/C15H25NO2/c1-4-6-12(3)10-16-14-7-8-15(18-5-2)13(9-14)11-17/h7-9,12,16-17H,4-6,10-11H2,1-3H3. The lowest BCUT2D eigenvalue weighted by atomic mass is 10.1. The molecule has 0 saturated carbocycles. The Morgan fingerprint density at radius 1 is 1.33 bits per heavy atom. The molecule has 18 heavy (non-hydrogen) atoms. The lowest BCUT2D eigenvalue weighted by molar-refractivity contribution is 0.267. The highest BCUT2D eigenvalue weighted by atomic mass is 16.5. The van der Waals surface area contributed by atoms with Gasteiger partial charge < -0.3 is 15.2 Å². The Balaban J connectivity index is 2.61. The average molecular weight is 251 g/mol. The predicted molar refractivity (Wildman–Crippen MR) is 76.1 cm³/mol. The maximum atomic E-state index is 9.32. The van der Waals surface area contributed by atoms with E-state index in [2.05, 4.69) is 19.2 Å². The van der Waals surface area contributed by atoms with E-state index in [1.807, 2.05) is 25.1 Å². The van der Waals surface area contributed by atoms with E-state index in [0.717, 1.165) is 23.5 Å². The molecule has 2 N–H and O–H groups in total. The lowest BCUT2D eigenvalue weighted by Crippen LogP contribution is -2.11. The predicted octanol–water partition coefficient (Wildman–Crippen LogP) is 3.43. The third kappa shape index (κ3) is 4.57. The Morgan fingerprint density at radius 3 is 2.72 bits per heavy atom. The Kier molecular flexibility index (Phi) is 6.58. The van der Waals surface area contributed by atoms with Gasteiger partial charge >= 0.3 is 0 Å². The zero-order chi connectivity index (χ0) is 13.4. The van der Waals surface area contributed by atoms with Gasteiger partial charge in [0.1, 0.15) is 5.75 Å². The summed E-state index contributed by atoms with van der Waals surface area (Å²) in [5, 5.41) is 12.7. The van der Waals surface area contributed by atoms with Gasteiger partial charge in [0.15, 0.2) is 0 Å². The zero-order valence-corrected chi connectivity index (χ0v) is 11.7. The molecule has 1 unspecified atom stereocenters. The monoisotopic (exact) mass is 251 g/mol. The number of nitrogens with one attached hydrogen (secondary N) is 1. The number of hydrogen-bond acceptors (Lipinski definition) is 3. The molecule has 0 spiro atoms. The molecule has 102 valence electrons. The summed E-state index contributed by atoms with van der Waals surface area (Å²) in [6.45, 7) is 7.99. The number of rotatable bonds is 8. The summed E-state index contributed by atoms with van der Waals surface area (Å²) in [6.07, 6.45) is 2.45. The number of anilines is 1. The van der Waals surface area contributed by atoms with Crippen LogP contribution in [0.5, 0.6) is 5.75 Å². The highest BCUT2D eigenvalue weighted by Gasteiger charge is 2.05. The Hall–Kier alpha value is -1.22. The second kappa shape index (κ2) is 7.98. The van der Waals surface area contributed by atoms with E-state index in [-0.39, 0.29) is 6.61 Å². The van der Waals surface area contributed by atoms with Crippen LogP contribution in [0.15, 0.2) is 18.2 Å². The van der Waals surface area contributed by atoms with Crippen molar-refractivity contribution in [1.29, 1.82) is 0 Å². The second-order valence-electron chi connectivity index (χ2n) is 4.69. The number of aliphatic hydroxyl groups is 1. The number of aliphatic hydroxyl groups excluding tert-OH is 1. The minimum Gasteiger partial charge on any atom is -0.494 e. The second-order valence-corrected chi connectivity index (χ2v) is 4.69.